The van der Waals surface area contributed by atoms with Crippen LogP contribution in [0.5, 0.6) is 0 Å². The summed E-state index contributed by atoms with van der Waals surface area (Å²) >= 11 is 0. The first kappa shape index (κ1) is 18.0. The van der Waals surface area contributed by atoms with Crippen LogP contribution in [0.3, 0.4) is 0 Å². The van der Waals surface area contributed by atoms with Crippen molar-refractivity contribution in [3.8, 4) is 0 Å². The number of hydrogen-bond donors (Lipinski definition) is 2. The number of benzene rings is 1. The SMILES string of the molecule is CNC(=O)[C@H](NC(=O)CCN1CCCCCC1=O)c1ccccc1. The van der Waals surface area contributed by atoms with Crippen molar-refractivity contribution in [3.63, 3.8) is 0 Å². The highest BCUT2D eigenvalue weighted by Crippen LogP contribution is 2.14. The Balaban J connectivity index is 1.93. The summed E-state index contributed by atoms with van der Waals surface area (Å²) in [6.45, 7) is 1.11. The average molecular weight is 331 g/mol. The molecule has 1 aromatic carbocycles. The van der Waals surface area contributed by atoms with Gasteiger partial charge in [-0.3, -0.25) is 14.4 Å². The van der Waals surface area contributed by atoms with Crippen molar-refractivity contribution in [1.82, 2.24) is 15.5 Å². The summed E-state index contributed by atoms with van der Waals surface area (Å²) in [5.41, 5.74) is 0.732. The lowest BCUT2D eigenvalue weighted by Crippen LogP contribution is -2.41. The Kier molecular flexibility index (Phi) is 6.78. The molecule has 1 atom stereocenters. The second kappa shape index (κ2) is 9.05. The molecule has 1 aromatic rings. The molecule has 1 saturated heterocycles. The predicted molar refractivity (Wildman–Crippen MR) is 91.1 cm³/mol. The van der Waals surface area contributed by atoms with Gasteiger partial charge < -0.3 is 15.5 Å². The van der Waals surface area contributed by atoms with Crippen molar-refractivity contribution in [2.75, 3.05) is 20.1 Å². The van der Waals surface area contributed by atoms with E-state index in [4.69, 9.17) is 0 Å². The fourth-order valence-corrected chi connectivity index (χ4v) is 2.83. The maximum Gasteiger partial charge on any atom is 0.246 e. The summed E-state index contributed by atoms with van der Waals surface area (Å²) < 4.78 is 0. The monoisotopic (exact) mass is 331 g/mol. The van der Waals surface area contributed by atoms with E-state index in [1.807, 2.05) is 18.2 Å². The molecule has 0 radical (unpaired) electrons. The van der Waals surface area contributed by atoms with Crippen molar-refractivity contribution in [3.05, 3.63) is 35.9 Å². The van der Waals surface area contributed by atoms with Gasteiger partial charge >= 0.3 is 0 Å². The van der Waals surface area contributed by atoms with E-state index in [9.17, 15) is 14.4 Å². The Bertz CT molecular complexity index is 574. The lowest BCUT2D eigenvalue weighted by Gasteiger charge is -2.22. The highest BCUT2D eigenvalue weighted by Gasteiger charge is 2.22. The van der Waals surface area contributed by atoms with Crippen LogP contribution in [-0.4, -0.2) is 42.8 Å². The molecule has 0 aliphatic carbocycles. The number of carbonyl (C=O) groups is 3. The summed E-state index contributed by atoms with van der Waals surface area (Å²) in [6, 6.07) is 8.40. The minimum atomic E-state index is -0.719. The van der Waals surface area contributed by atoms with Gasteiger partial charge in [-0.15, -0.1) is 0 Å². The molecule has 2 N–H and O–H groups in total. The van der Waals surface area contributed by atoms with E-state index in [1.165, 1.54) is 0 Å². The van der Waals surface area contributed by atoms with Crippen molar-refractivity contribution < 1.29 is 14.4 Å². The summed E-state index contributed by atoms with van der Waals surface area (Å²) in [4.78, 5) is 38.0. The molecule has 3 amide bonds. The number of nitrogens with zero attached hydrogens (tertiary/aromatic N) is 1. The Morgan fingerprint density at radius 1 is 1.17 bits per heavy atom. The average Bonchev–Trinajstić information content (AvgIpc) is 2.82. The van der Waals surface area contributed by atoms with Gasteiger partial charge in [0.1, 0.15) is 6.04 Å². The molecule has 6 heteroatoms. The standard InChI is InChI=1S/C18H25N3O3/c1-19-18(24)17(14-8-4-2-5-9-14)20-15(22)11-13-21-12-7-3-6-10-16(21)23/h2,4-5,8-9,17H,3,6-7,10-13H2,1H3,(H,19,24)(H,20,22)/t17-/m1/s1. The molecular formula is C18H25N3O3. The fourth-order valence-electron chi connectivity index (χ4n) is 2.83. The van der Waals surface area contributed by atoms with Gasteiger partial charge in [-0.25, -0.2) is 0 Å². The third-order valence-corrected chi connectivity index (χ3v) is 4.23. The van der Waals surface area contributed by atoms with Crippen molar-refractivity contribution in [2.24, 2.45) is 0 Å². The molecule has 0 bridgehead atoms. The Hall–Kier alpha value is -2.37. The third-order valence-electron chi connectivity index (χ3n) is 4.23. The molecule has 2 rings (SSSR count). The summed E-state index contributed by atoms with van der Waals surface area (Å²) in [5.74, 6) is -0.379. The summed E-state index contributed by atoms with van der Waals surface area (Å²) in [6.07, 6.45) is 3.73. The van der Waals surface area contributed by atoms with Gasteiger partial charge in [-0.05, 0) is 18.4 Å². The largest absolute Gasteiger partial charge is 0.357 e. The van der Waals surface area contributed by atoms with Gasteiger partial charge in [-0.2, -0.15) is 0 Å². The highest BCUT2D eigenvalue weighted by atomic mass is 16.2. The van der Waals surface area contributed by atoms with Gasteiger partial charge in [0, 0.05) is 33.0 Å². The van der Waals surface area contributed by atoms with Gasteiger partial charge in [-0.1, -0.05) is 36.8 Å². The molecule has 0 aromatic heterocycles. The first-order valence-electron chi connectivity index (χ1n) is 8.45. The summed E-state index contributed by atoms with van der Waals surface area (Å²) in [7, 11) is 1.54. The number of hydrogen-bond acceptors (Lipinski definition) is 3. The predicted octanol–water partition coefficient (Wildman–Crippen LogP) is 1.38. The molecule has 1 heterocycles. The van der Waals surface area contributed by atoms with E-state index in [0.29, 0.717) is 19.5 Å². The normalized spacial score (nSPS) is 16.2. The van der Waals surface area contributed by atoms with Crippen LogP contribution < -0.4 is 10.6 Å². The van der Waals surface area contributed by atoms with Gasteiger partial charge in [0.25, 0.3) is 0 Å². The molecule has 0 saturated carbocycles. The fraction of sp³-hybridized carbons (Fsp3) is 0.500. The van der Waals surface area contributed by atoms with Crippen LogP contribution in [0.25, 0.3) is 0 Å². The first-order valence-corrected chi connectivity index (χ1v) is 8.45. The van der Waals surface area contributed by atoms with Crippen LogP contribution >= 0.6 is 0 Å². The zero-order chi connectivity index (χ0) is 17.4. The van der Waals surface area contributed by atoms with E-state index in [0.717, 1.165) is 24.8 Å². The first-order chi connectivity index (χ1) is 11.6. The van der Waals surface area contributed by atoms with E-state index in [2.05, 4.69) is 10.6 Å². The van der Waals surface area contributed by atoms with Crippen molar-refractivity contribution >= 4 is 17.7 Å². The molecule has 0 unspecified atom stereocenters. The van der Waals surface area contributed by atoms with E-state index in [-0.39, 0.29) is 24.1 Å². The minimum absolute atomic E-state index is 0.117. The van der Waals surface area contributed by atoms with Crippen LogP contribution in [-0.2, 0) is 14.4 Å². The van der Waals surface area contributed by atoms with Gasteiger partial charge in [0.15, 0.2) is 0 Å². The topological polar surface area (TPSA) is 78.5 Å². The van der Waals surface area contributed by atoms with E-state index in [1.54, 1.807) is 24.1 Å². The molecular weight excluding hydrogens is 306 g/mol. The smallest absolute Gasteiger partial charge is 0.246 e. The number of rotatable bonds is 6. The molecule has 1 fully saturated rings. The molecule has 0 spiro atoms. The van der Waals surface area contributed by atoms with Crippen LogP contribution in [0.15, 0.2) is 30.3 Å². The lowest BCUT2D eigenvalue weighted by molar-refractivity contribution is -0.132. The molecule has 1 aliphatic heterocycles. The summed E-state index contributed by atoms with van der Waals surface area (Å²) in [5, 5.41) is 5.34. The Labute approximate surface area is 142 Å². The van der Waals surface area contributed by atoms with Gasteiger partial charge in [0.05, 0.1) is 0 Å². The number of amides is 3. The molecule has 24 heavy (non-hydrogen) atoms. The number of likely N-dealkylation sites (tertiary alicyclic amines) is 1. The second-order valence-corrected chi connectivity index (χ2v) is 5.97. The quantitative estimate of drug-likeness (QED) is 0.827. The van der Waals surface area contributed by atoms with Crippen LogP contribution in [0.2, 0.25) is 0 Å². The zero-order valence-corrected chi connectivity index (χ0v) is 14.1. The third kappa shape index (κ3) is 5.08. The Morgan fingerprint density at radius 2 is 1.92 bits per heavy atom. The van der Waals surface area contributed by atoms with E-state index < -0.39 is 6.04 Å². The number of likely N-dealkylation sites (N-methyl/N-ethyl adjacent to an activating group) is 1. The second-order valence-electron chi connectivity index (χ2n) is 5.97. The lowest BCUT2D eigenvalue weighted by atomic mass is 10.1. The van der Waals surface area contributed by atoms with Crippen molar-refractivity contribution in [1.29, 1.82) is 0 Å². The maximum atomic E-state index is 12.3. The molecule has 1 aliphatic rings. The minimum Gasteiger partial charge on any atom is -0.357 e. The highest BCUT2D eigenvalue weighted by molar-refractivity contribution is 5.88. The number of nitrogens with one attached hydrogen (secondary N) is 2. The van der Waals surface area contributed by atoms with Crippen molar-refractivity contribution in [2.45, 2.75) is 38.1 Å². The van der Waals surface area contributed by atoms with Crippen LogP contribution in [0.4, 0.5) is 0 Å². The Morgan fingerprint density at radius 3 is 2.62 bits per heavy atom. The van der Waals surface area contributed by atoms with Crippen LogP contribution in [0.1, 0.15) is 43.7 Å². The zero-order valence-electron chi connectivity index (χ0n) is 14.1. The van der Waals surface area contributed by atoms with E-state index >= 15 is 0 Å². The molecule has 130 valence electrons. The van der Waals surface area contributed by atoms with Gasteiger partial charge in [0.2, 0.25) is 17.7 Å². The maximum absolute atomic E-state index is 12.3. The molecule has 6 nitrogen and oxygen atoms in total. The van der Waals surface area contributed by atoms with Crippen LogP contribution in [0, 0.1) is 0 Å². The number of carbonyl (C=O) groups excluding carboxylic acids is 3.